The number of benzene rings is 1. The summed E-state index contributed by atoms with van der Waals surface area (Å²) in [6.07, 6.45) is 1.54. The van der Waals surface area contributed by atoms with Crippen molar-refractivity contribution < 1.29 is 34.2 Å². The number of carboxylic acids is 1. The maximum atomic E-state index is 12.9. The summed E-state index contributed by atoms with van der Waals surface area (Å²) in [4.78, 5) is 64.4. The second-order valence-corrected chi connectivity index (χ2v) is 9.51. The first-order chi connectivity index (χ1) is 17.9. The largest absolute Gasteiger partial charge is 0.480 e. The molecule has 38 heavy (non-hydrogen) atoms. The van der Waals surface area contributed by atoms with Crippen LogP contribution in [0.4, 0.5) is 0 Å². The molecule has 1 aromatic heterocycles. The van der Waals surface area contributed by atoms with Gasteiger partial charge in [-0.2, -0.15) is 0 Å². The fraction of sp³-hybridized carbons (Fsp3) is 0.480. The molecule has 1 heterocycles. The van der Waals surface area contributed by atoms with Crippen molar-refractivity contribution in [2.75, 3.05) is 6.61 Å². The molecule has 4 atom stereocenters. The van der Waals surface area contributed by atoms with Gasteiger partial charge in [0.2, 0.25) is 23.6 Å². The topological polar surface area (TPSA) is 230 Å². The number of carbonyl (C=O) groups is 5. The molecule has 13 heteroatoms. The smallest absolute Gasteiger partial charge is 0.326 e. The summed E-state index contributed by atoms with van der Waals surface area (Å²) < 4.78 is 0. The van der Waals surface area contributed by atoms with Gasteiger partial charge < -0.3 is 42.6 Å². The molecule has 0 saturated heterocycles. The Morgan fingerprint density at radius 1 is 0.947 bits per heavy atom. The van der Waals surface area contributed by atoms with Gasteiger partial charge in [0.05, 0.1) is 12.6 Å². The van der Waals surface area contributed by atoms with Gasteiger partial charge in [0.25, 0.3) is 0 Å². The normalized spacial score (nSPS) is 14.3. The minimum absolute atomic E-state index is 0.0534. The van der Waals surface area contributed by atoms with E-state index in [4.69, 9.17) is 11.5 Å². The van der Waals surface area contributed by atoms with E-state index in [9.17, 15) is 34.2 Å². The number of hydrogen-bond donors (Lipinski definition) is 8. The van der Waals surface area contributed by atoms with Gasteiger partial charge in [-0.25, -0.2) is 4.79 Å². The third-order valence-corrected chi connectivity index (χ3v) is 5.90. The first-order valence-corrected chi connectivity index (χ1v) is 12.3. The van der Waals surface area contributed by atoms with Gasteiger partial charge in [-0.1, -0.05) is 32.0 Å². The molecule has 10 N–H and O–H groups in total. The van der Waals surface area contributed by atoms with Gasteiger partial charge in [0.15, 0.2) is 0 Å². The van der Waals surface area contributed by atoms with Crippen molar-refractivity contribution in [2.24, 2.45) is 17.4 Å². The van der Waals surface area contributed by atoms with E-state index in [0.29, 0.717) is 12.0 Å². The van der Waals surface area contributed by atoms with E-state index in [1.165, 1.54) is 0 Å². The van der Waals surface area contributed by atoms with E-state index in [1.807, 2.05) is 32.0 Å². The van der Waals surface area contributed by atoms with Gasteiger partial charge in [-0.3, -0.25) is 19.2 Å². The number of aliphatic hydroxyl groups excluding tert-OH is 1. The molecular formula is C25H36N6O7. The van der Waals surface area contributed by atoms with Crippen LogP contribution in [0.25, 0.3) is 10.9 Å². The van der Waals surface area contributed by atoms with E-state index in [1.54, 1.807) is 12.3 Å². The molecule has 0 aliphatic heterocycles. The van der Waals surface area contributed by atoms with Crippen molar-refractivity contribution in [3.8, 4) is 0 Å². The number of primary amides is 1. The maximum Gasteiger partial charge on any atom is 0.326 e. The van der Waals surface area contributed by atoms with E-state index in [2.05, 4.69) is 20.9 Å². The molecule has 4 unspecified atom stereocenters. The number of para-hydroxylation sites is 1. The van der Waals surface area contributed by atoms with Crippen molar-refractivity contribution in [1.82, 2.24) is 20.9 Å². The fourth-order valence-corrected chi connectivity index (χ4v) is 3.91. The average molecular weight is 533 g/mol. The quantitative estimate of drug-likeness (QED) is 0.140. The maximum absolute atomic E-state index is 12.9. The molecule has 0 fully saturated rings. The zero-order valence-electron chi connectivity index (χ0n) is 21.4. The molecule has 4 amide bonds. The SMILES string of the molecule is CC(C)CC(N)C(=O)NC(CCC(N)=O)C(=O)NC(CO)C(=O)NC(Cc1c[nH]c2ccccc12)C(=O)O. The minimum atomic E-state index is -1.52. The molecular weight excluding hydrogens is 496 g/mol. The Hall–Kier alpha value is -3.97. The van der Waals surface area contributed by atoms with Crippen LogP contribution >= 0.6 is 0 Å². The molecule has 2 rings (SSSR count). The summed E-state index contributed by atoms with van der Waals surface area (Å²) in [7, 11) is 0. The highest BCUT2D eigenvalue weighted by Crippen LogP contribution is 2.19. The number of hydrogen-bond acceptors (Lipinski definition) is 7. The molecule has 2 aromatic rings. The van der Waals surface area contributed by atoms with E-state index < -0.39 is 60.4 Å². The van der Waals surface area contributed by atoms with Gasteiger partial charge in [-0.15, -0.1) is 0 Å². The number of fused-ring (bicyclic) bond motifs is 1. The third kappa shape index (κ3) is 8.85. The Bertz CT molecular complexity index is 1150. The molecule has 0 saturated carbocycles. The number of carbonyl (C=O) groups excluding carboxylic acids is 4. The van der Waals surface area contributed by atoms with Crippen LogP contribution in [0, 0.1) is 5.92 Å². The average Bonchev–Trinajstić information content (AvgIpc) is 3.26. The number of amides is 4. The van der Waals surface area contributed by atoms with Crippen LogP contribution < -0.4 is 27.4 Å². The van der Waals surface area contributed by atoms with Crippen LogP contribution in [0.1, 0.15) is 38.7 Å². The number of rotatable bonds is 15. The molecule has 0 aliphatic rings. The number of carboxylic acid groups (broad SMARTS) is 1. The summed E-state index contributed by atoms with van der Waals surface area (Å²) in [5.41, 5.74) is 12.5. The summed E-state index contributed by atoms with van der Waals surface area (Å²) >= 11 is 0. The summed E-state index contributed by atoms with van der Waals surface area (Å²) in [5.74, 6) is -4.34. The molecule has 0 aliphatic carbocycles. The zero-order valence-corrected chi connectivity index (χ0v) is 21.4. The Labute approximate surface area is 219 Å². The van der Waals surface area contributed by atoms with E-state index in [0.717, 1.165) is 10.9 Å². The third-order valence-electron chi connectivity index (χ3n) is 5.90. The highest BCUT2D eigenvalue weighted by Gasteiger charge is 2.30. The second kappa shape index (κ2) is 14.1. The van der Waals surface area contributed by atoms with Crippen molar-refractivity contribution in [3.05, 3.63) is 36.0 Å². The number of nitrogens with two attached hydrogens (primary N) is 2. The van der Waals surface area contributed by atoms with Crippen LogP contribution in [0.3, 0.4) is 0 Å². The lowest BCUT2D eigenvalue weighted by Gasteiger charge is -2.24. The summed E-state index contributed by atoms with van der Waals surface area (Å²) in [5, 5.41) is 27.3. The van der Waals surface area contributed by atoms with Gasteiger partial charge in [0.1, 0.15) is 18.1 Å². The van der Waals surface area contributed by atoms with Crippen LogP contribution in [0.2, 0.25) is 0 Å². The van der Waals surface area contributed by atoms with Crippen molar-refractivity contribution in [1.29, 1.82) is 0 Å². The lowest BCUT2D eigenvalue weighted by Crippen LogP contribution is -2.58. The van der Waals surface area contributed by atoms with Gasteiger partial charge in [-0.05, 0) is 30.4 Å². The molecule has 1 aromatic carbocycles. The van der Waals surface area contributed by atoms with Crippen LogP contribution in [-0.2, 0) is 30.4 Å². The fourth-order valence-electron chi connectivity index (χ4n) is 3.91. The summed E-state index contributed by atoms with van der Waals surface area (Å²) in [6, 6.07) is 2.21. The Balaban J connectivity index is 2.10. The molecule has 0 radical (unpaired) electrons. The molecule has 0 spiro atoms. The first-order valence-electron chi connectivity index (χ1n) is 12.3. The lowest BCUT2D eigenvalue weighted by molar-refractivity contribution is -0.142. The molecule has 0 bridgehead atoms. The predicted octanol–water partition coefficient (Wildman–Crippen LogP) is -1.12. The number of aliphatic hydroxyl groups is 1. The summed E-state index contributed by atoms with van der Waals surface area (Å²) in [6.45, 7) is 2.90. The number of H-pyrrole nitrogens is 1. The number of aliphatic carboxylic acids is 1. The number of nitrogens with one attached hydrogen (secondary N) is 4. The van der Waals surface area contributed by atoms with Crippen molar-refractivity contribution in [3.63, 3.8) is 0 Å². The van der Waals surface area contributed by atoms with E-state index in [-0.39, 0.29) is 25.2 Å². The Morgan fingerprint density at radius 2 is 1.55 bits per heavy atom. The van der Waals surface area contributed by atoms with Gasteiger partial charge in [0, 0.05) is 29.9 Å². The second-order valence-electron chi connectivity index (χ2n) is 9.51. The van der Waals surface area contributed by atoms with E-state index >= 15 is 0 Å². The molecule has 208 valence electrons. The van der Waals surface area contributed by atoms with Crippen molar-refractivity contribution in [2.45, 2.75) is 63.7 Å². The van der Waals surface area contributed by atoms with Crippen LogP contribution in [-0.4, -0.2) is 75.6 Å². The number of aromatic nitrogens is 1. The highest BCUT2D eigenvalue weighted by atomic mass is 16.4. The Morgan fingerprint density at radius 3 is 2.16 bits per heavy atom. The van der Waals surface area contributed by atoms with Crippen LogP contribution in [0.5, 0.6) is 0 Å². The van der Waals surface area contributed by atoms with Gasteiger partial charge >= 0.3 is 5.97 Å². The minimum Gasteiger partial charge on any atom is -0.480 e. The first kappa shape index (κ1) is 30.3. The highest BCUT2D eigenvalue weighted by molar-refractivity contribution is 5.94. The monoisotopic (exact) mass is 532 g/mol. The predicted molar refractivity (Wildman–Crippen MR) is 138 cm³/mol. The molecule has 13 nitrogen and oxygen atoms in total. The lowest BCUT2D eigenvalue weighted by atomic mass is 10.0. The standard InChI is InChI=1S/C25H36N6O7/c1-13(2)9-16(26)22(34)29-18(7-8-21(27)33)23(35)31-20(12-32)24(36)30-19(25(37)38)10-14-11-28-17-6-4-3-5-15(14)17/h3-6,11,13,16,18-20,28,32H,7-10,12,26H2,1-2H3,(H2,27,33)(H,29,34)(H,30,36)(H,31,35)(H,37,38). The zero-order chi connectivity index (χ0) is 28.4. The van der Waals surface area contributed by atoms with Crippen LogP contribution in [0.15, 0.2) is 30.5 Å². The Kier molecular flexibility index (Phi) is 11.2. The van der Waals surface area contributed by atoms with Crippen molar-refractivity contribution >= 4 is 40.5 Å². The number of aromatic amines is 1.